The van der Waals surface area contributed by atoms with E-state index in [2.05, 4.69) is 36.1 Å². The van der Waals surface area contributed by atoms with Crippen molar-refractivity contribution in [2.24, 2.45) is 0 Å². The summed E-state index contributed by atoms with van der Waals surface area (Å²) in [6.45, 7) is 4.00. The van der Waals surface area contributed by atoms with E-state index in [9.17, 15) is 5.11 Å². The Morgan fingerprint density at radius 1 is 0.667 bits per heavy atom. The Kier molecular flexibility index (Phi) is 9.76. The second-order valence-corrected chi connectivity index (χ2v) is 10.3. The van der Waals surface area contributed by atoms with E-state index in [1.807, 2.05) is 66.7 Å². The van der Waals surface area contributed by atoms with Crippen LogP contribution in [0.25, 0.3) is 0 Å². The van der Waals surface area contributed by atoms with Crippen molar-refractivity contribution in [3.8, 4) is 0 Å². The van der Waals surface area contributed by atoms with Crippen LogP contribution in [-0.2, 0) is 43.5 Å². The topological polar surface area (TPSA) is 69.6 Å². The molecule has 2 fully saturated rings. The van der Waals surface area contributed by atoms with Gasteiger partial charge in [0, 0.05) is 13.2 Å². The van der Waals surface area contributed by atoms with E-state index in [0.29, 0.717) is 26.4 Å². The molecule has 0 spiro atoms. The van der Waals surface area contributed by atoms with Gasteiger partial charge in [0.1, 0.15) is 25.1 Å². The minimum Gasteiger partial charge on any atom is -0.389 e. The van der Waals surface area contributed by atoms with Gasteiger partial charge in [-0.05, 0) is 23.6 Å². The number of ether oxygens (including phenoxy) is 5. The molecule has 0 amide bonds. The summed E-state index contributed by atoms with van der Waals surface area (Å²) < 4.78 is 30.6. The largest absolute Gasteiger partial charge is 0.389 e. The average molecular weight is 534 g/mol. The van der Waals surface area contributed by atoms with Gasteiger partial charge in [0.25, 0.3) is 0 Å². The van der Waals surface area contributed by atoms with Gasteiger partial charge in [-0.25, -0.2) is 0 Å². The molecule has 5 rings (SSSR count). The number of aliphatic hydroxyl groups is 1. The quantitative estimate of drug-likeness (QED) is 0.331. The van der Waals surface area contributed by atoms with Crippen molar-refractivity contribution in [1.29, 1.82) is 0 Å². The number of hydrogen-bond acceptors (Lipinski definition) is 7. The molecule has 2 aliphatic rings. The molecule has 0 bridgehead atoms. The molecule has 7 atom stereocenters. The second-order valence-electron chi connectivity index (χ2n) is 10.3. The van der Waals surface area contributed by atoms with Crippen molar-refractivity contribution < 1.29 is 28.8 Å². The number of hydrogen-bond donors (Lipinski definition) is 1. The third-order valence-electron chi connectivity index (χ3n) is 7.75. The number of methoxy groups -OCH3 is 1. The van der Waals surface area contributed by atoms with Gasteiger partial charge in [0.2, 0.25) is 0 Å². The molecule has 1 N–H and O–H groups in total. The third kappa shape index (κ3) is 6.58. The summed E-state index contributed by atoms with van der Waals surface area (Å²) in [4.78, 5) is 2.29. The van der Waals surface area contributed by atoms with Crippen LogP contribution in [0.4, 0.5) is 0 Å². The molecule has 39 heavy (non-hydrogen) atoms. The zero-order valence-corrected chi connectivity index (χ0v) is 22.7. The maximum Gasteiger partial charge on any atom is 0.146 e. The first kappa shape index (κ1) is 27.9. The summed E-state index contributed by atoms with van der Waals surface area (Å²) in [6, 6.07) is 29.9. The molecule has 2 aliphatic heterocycles. The Balaban J connectivity index is 1.40. The van der Waals surface area contributed by atoms with Gasteiger partial charge in [0.15, 0.2) is 0 Å². The highest BCUT2D eigenvalue weighted by atomic mass is 16.7. The SMILES string of the molecule is COCO[C@@H]1[C@H](O)[C@H]2[C@H](OCc3ccccc3)[C@@H](OCc3ccccc3)[C@H](COCc3ccccc3)N2[C@@H]1C. The zero-order chi connectivity index (χ0) is 27.0. The van der Waals surface area contributed by atoms with E-state index in [0.717, 1.165) is 16.7 Å². The summed E-state index contributed by atoms with van der Waals surface area (Å²) in [5.41, 5.74) is 3.27. The van der Waals surface area contributed by atoms with Gasteiger partial charge in [-0.15, -0.1) is 0 Å². The minimum absolute atomic E-state index is 0.0846. The number of fused-ring (bicyclic) bond motifs is 1. The third-order valence-corrected chi connectivity index (χ3v) is 7.75. The van der Waals surface area contributed by atoms with Crippen molar-refractivity contribution in [2.45, 2.75) is 69.3 Å². The molecule has 2 saturated heterocycles. The summed E-state index contributed by atoms with van der Waals surface area (Å²) in [6.07, 6.45) is -1.87. The lowest BCUT2D eigenvalue weighted by molar-refractivity contribution is -0.132. The first-order valence-electron chi connectivity index (χ1n) is 13.7. The van der Waals surface area contributed by atoms with Crippen LogP contribution in [0.2, 0.25) is 0 Å². The summed E-state index contributed by atoms with van der Waals surface area (Å²) in [5, 5.41) is 11.5. The van der Waals surface area contributed by atoms with Crippen molar-refractivity contribution in [2.75, 3.05) is 20.5 Å². The second kappa shape index (κ2) is 13.6. The Hall–Kier alpha value is -2.62. The smallest absolute Gasteiger partial charge is 0.146 e. The van der Waals surface area contributed by atoms with Crippen LogP contribution in [0.5, 0.6) is 0 Å². The van der Waals surface area contributed by atoms with Crippen LogP contribution in [0.3, 0.4) is 0 Å². The monoisotopic (exact) mass is 533 g/mol. The Bertz CT molecular complexity index is 1120. The van der Waals surface area contributed by atoms with Crippen LogP contribution in [0, 0.1) is 0 Å². The molecule has 0 aliphatic carbocycles. The number of nitrogens with zero attached hydrogens (tertiary/aromatic N) is 1. The van der Waals surface area contributed by atoms with Crippen LogP contribution in [0.1, 0.15) is 23.6 Å². The Labute approximate surface area is 231 Å². The van der Waals surface area contributed by atoms with E-state index < -0.39 is 12.2 Å². The lowest BCUT2D eigenvalue weighted by Crippen LogP contribution is -2.48. The molecule has 0 unspecified atom stereocenters. The first-order valence-corrected chi connectivity index (χ1v) is 13.7. The maximum absolute atomic E-state index is 11.5. The highest BCUT2D eigenvalue weighted by Crippen LogP contribution is 2.42. The minimum atomic E-state index is -0.766. The van der Waals surface area contributed by atoms with Crippen LogP contribution < -0.4 is 0 Å². The van der Waals surface area contributed by atoms with Gasteiger partial charge in [-0.2, -0.15) is 0 Å². The average Bonchev–Trinajstić information content (AvgIpc) is 3.42. The van der Waals surface area contributed by atoms with Crippen LogP contribution in [0.15, 0.2) is 91.0 Å². The fourth-order valence-electron chi connectivity index (χ4n) is 5.94. The molecule has 0 radical (unpaired) electrons. The molecule has 208 valence electrons. The fraction of sp³-hybridized carbons (Fsp3) is 0.438. The molecule has 0 saturated carbocycles. The van der Waals surface area contributed by atoms with Gasteiger partial charge in [-0.1, -0.05) is 91.0 Å². The summed E-state index contributed by atoms with van der Waals surface area (Å²) in [7, 11) is 1.59. The van der Waals surface area contributed by atoms with Crippen molar-refractivity contribution in [3.63, 3.8) is 0 Å². The molecule has 2 heterocycles. The highest BCUT2D eigenvalue weighted by molar-refractivity contribution is 5.18. The predicted octanol–water partition coefficient (Wildman–Crippen LogP) is 4.18. The van der Waals surface area contributed by atoms with Gasteiger partial charge >= 0.3 is 0 Å². The van der Waals surface area contributed by atoms with Crippen molar-refractivity contribution >= 4 is 0 Å². The first-order chi connectivity index (χ1) is 19.2. The Morgan fingerprint density at radius 3 is 1.72 bits per heavy atom. The lowest BCUT2D eigenvalue weighted by Gasteiger charge is -2.32. The zero-order valence-electron chi connectivity index (χ0n) is 22.7. The van der Waals surface area contributed by atoms with Gasteiger partial charge in [-0.3, -0.25) is 4.90 Å². The summed E-state index contributed by atoms with van der Waals surface area (Å²) >= 11 is 0. The molecule has 0 aromatic heterocycles. The van der Waals surface area contributed by atoms with Gasteiger partial charge in [0.05, 0.1) is 44.6 Å². The van der Waals surface area contributed by atoms with Gasteiger partial charge < -0.3 is 28.8 Å². The molecule has 3 aromatic carbocycles. The molecule has 3 aromatic rings. The van der Waals surface area contributed by atoms with Crippen LogP contribution in [-0.4, -0.2) is 73.1 Å². The molecular formula is C32H39NO6. The molecular weight excluding hydrogens is 494 g/mol. The normalized spacial score (nSPS) is 28.5. The number of benzene rings is 3. The van der Waals surface area contributed by atoms with Crippen molar-refractivity contribution in [1.82, 2.24) is 4.90 Å². The summed E-state index contributed by atoms with van der Waals surface area (Å²) in [5.74, 6) is 0. The standard InChI is InChI=1S/C32H39NO6/c1-23-30(39-22-35-2)29(34)28-32(38-20-26-16-10-5-11-17-26)31(37-19-25-14-8-4-9-15-25)27(33(23)28)21-36-18-24-12-6-3-7-13-24/h3-17,23,27-32,34H,18-22H2,1-2H3/t23-,27+,28+,29-,30+,31+,32+/m1/s1. The van der Waals surface area contributed by atoms with E-state index in [4.69, 9.17) is 23.7 Å². The highest BCUT2D eigenvalue weighted by Gasteiger charge is 2.62. The van der Waals surface area contributed by atoms with E-state index in [1.165, 1.54) is 0 Å². The lowest BCUT2D eigenvalue weighted by atomic mass is 9.99. The molecule has 7 nitrogen and oxygen atoms in total. The molecule has 7 heteroatoms. The van der Waals surface area contributed by atoms with Crippen LogP contribution >= 0.6 is 0 Å². The Morgan fingerprint density at radius 2 is 1.18 bits per heavy atom. The van der Waals surface area contributed by atoms with Crippen molar-refractivity contribution in [3.05, 3.63) is 108 Å². The number of rotatable bonds is 13. The van der Waals surface area contributed by atoms with E-state index >= 15 is 0 Å². The van der Waals surface area contributed by atoms with E-state index in [1.54, 1.807) is 7.11 Å². The van der Waals surface area contributed by atoms with E-state index in [-0.39, 0.29) is 37.1 Å². The number of aliphatic hydroxyl groups excluding tert-OH is 1. The fourth-order valence-corrected chi connectivity index (χ4v) is 5.94. The maximum atomic E-state index is 11.5. The predicted molar refractivity (Wildman–Crippen MR) is 148 cm³/mol.